The van der Waals surface area contributed by atoms with Gasteiger partial charge in [0.15, 0.2) is 0 Å². The number of hydrogen-bond acceptors (Lipinski definition) is 2. The SMILES string of the molecule is Cn1nccc1-c1cc2cccnc2c[c]1[SnH]. The molecule has 82 valence electrons. The zero-order valence-electron chi connectivity index (χ0n) is 9.46. The number of aromatic nitrogens is 3. The Hall–Kier alpha value is -1.36. The number of nitrogens with zero attached hydrogens (tertiary/aromatic N) is 3. The first-order valence-electron chi connectivity index (χ1n) is 5.38. The molecule has 0 aliphatic rings. The van der Waals surface area contributed by atoms with E-state index in [0.29, 0.717) is 0 Å². The van der Waals surface area contributed by atoms with Crippen LogP contribution in [-0.2, 0) is 7.05 Å². The molecule has 2 radical (unpaired) electrons. The average molecular weight is 328 g/mol. The number of aryl methyl sites for hydroxylation is 1. The van der Waals surface area contributed by atoms with Crippen LogP contribution in [0, 0.1) is 0 Å². The van der Waals surface area contributed by atoms with Crippen LogP contribution in [0.3, 0.4) is 0 Å². The van der Waals surface area contributed by atoms with Crippen molar-refractivity contribution in [1.29, 1.82) is 0 Å². The van der Waals surface area contributed by atoms with Crippen molar-refractivity contribution in [3.05, 3.63) is 42.7 Å². The van der Waals surface area contributed by atoms with Crippen molar-refractivity contribution >= 4 is 37.0 Å². The fraction of sp³-hybridized carbons (Fsp3) is 0.0769. The van der Waals surface area contributed by atoms with Gasteiger partial charge in [-0.1, -0.05) is 0 Å². The van der Waals surface area contributed by atoms with Crippen molar-refractivity contribution in [1.82, 2.24) is 14.8 Å². The van der Waals surface area contributed by atoms with E-state index in [4.69, 9.17) is 0 Å². The number of fused-ring (bicyclic) bond motifs is 1. The summed E-state index contributed by atoms with van der Waals surface area (Å²) in [6.45, 7) is 0. The molecule has 1 aromatic carbocycles. The van der Waals surface area contributed by atoms with Gasteiger partial charge in [0.1, 0.15) is 0 Å². The van der Waals surface area contributed by atoms with Crippen LogP contribution >= 0.6 is 0 Å². The van der Waals surface area contributed by atoms with Gasteiger partial charge in [0.2, 0.25) is 0 Å². The molecule has 4 heteroatoms. The van der Waals surface area contributed by atoms with E-state index in [-0.39, 0.29) is 0 Å². The van der Waals surface area contributed by atoms with Crippen LogP contribution in [0.1, 0.15) is 0 Å². The van der Waals surface area contributed by atoms with Gasteiger partial charge in [0.05, 0.1) is 0 Å². The summed E-state index contributed by atoms with van der Waals surface area (Å²) in [6, 6.07) is 10.5. The molecule has 3 aromatic rings. The molecule has 3 nitrogen and oxygen atoms in total. The average Bonchev–Trinajstić information content (AvgIpc) is 2.74. The van der Waals surface area contributed by atoms with Crippen LogP contribution in [0.5, 0.6) is 0 Å². The summed E-state index contributed by atoms with van der Waals surface area (Å²) in [5.41, 5.74) is 3.51. The maximum atomic E-state index is 4.39. The Morgan fingerprint density at radius 2 is 2.06 bits per heavy atom. The third kappa shape index (κ3) is 1.84. The second kappa shape index (κ2) is 4.14. The van der Waals surface area contributed by atoms with E-state index in [0.717, 1.165) is 28.0 Å². The Balaban J connectivity index is 2.30. The van der Waals surface area contributed by atoms with Gasteiger partial charge in [-0.15, -0.1) is 0 Å². The van der Waals surface area contributed by atoms with Gasteiger partial charge in [0.25, 0.3) is 0 Å². The summed E-state index contributed by atoms with van der Waals surface area (Å²) in [6.07, 6.45) is 3.68. The molecule has 0 spiro atoms. The molecule has 0 N–H and O–H groups in total. The summed E-state index contributed by atoms with van der Waals surface area (Å²) in [7, 11) is 1.97. The molecule has 0 amide bonds. The maximum absolute atomic E-state index is 4.39. The molecule has 0 fully saturated rings. The quantitative estimate of drug-likeness (QED) is 0.628. The minimum atomic E-state index is 1.07. The molecule has 0 saturated carbocycles. The number of benzene rings is 1. The molecular weight excluding hydrogens is 317 g/mol. The molecule has 2 aromatic heterocycles. The molecule has 17 heavy (non-hydrogen) atoms. The first kappa shape index (κ1) is 10.8. The van der Waals surface area contributed by atoms with Gasteiger partial charge in [0, 0.05) is 0 Å². The normalized spacial score (nSPS) is 10.9. The Bertz CT molecular complexity index is 688. The number of hydrogen-bond donors (Lipinski definition) is 0. The zero-order chi connectivity index (χ0) is 11.8. The van der Waals surface area contributed by atoms with Crippen molar-refractivity contribution in [3.63, 3.8) is 0 Å². The molecule has 0 unspecified atom stereocenters. The van der Waals surface area contributed by atoms with Gasteiger partial charge < -0.3 is 0 Å². The van der Waals surface area contributed by atoms with E-state index in [1.165, 1.54) is 20.2 Å². The van der Waals surface area contributed by atoms with Gasteiger partial charge in [-0.2, -0.15) is 0 Å². The molecule has 2 heterocycles. The van der Waals surface area contributed by atoms with Crippen molar-refractivity contribution in [2.45, 2.75) is 0 Å². The van der Waals surface area contributed by atoms with Crippen LogP contribution in [0.15, 0.2) is 42.7 Å². The number of rotatable bonds is 1. The summed E-state index contributed by atoms with van der Waals surface area (Å²) in [5, 5.41) is 5.41. The van der Waals surface area contributed by atoms with Crippen molar-refractivity contribution in [3.8, 4) is 11.3 Å². The Morgan fingerprint density at radius 1 is 1.18 bits per heavy atom. The predicted octanol–water partition coefficient (Wildman–Crippen LogP) is 1.16. The third-order valence-corrected chi connectivity index (χ3v) is 4.23. The molecule has 3 rings (SSSR count). The second-order valence-electron chi connectivity index (χ2n) is 3.98. The summed E-state index contributed by atoms with van der Waals surface area (Å²) in [4.78, 5) is 4.39. The van der Waals surface area contributed by atoms with Gasteiger partial charge in [-0.05, 0) is 0 Å². The van der Waals surface area contributed by atoms with E-state index >= 15 is 0 Å². The predicted molar refractivity (Wildman–Crippen MR) is 70.7 cm³/mol. The topological polar surface area (TPSA) is 30.7 Å². The van der Waals surface area contributed by atoms with Crippen LogP contribution in [0.2, 0.25) is 0 Å². The van der Waals surface area contributed by atoms with E-state index in [1.807, 2.05) is 30.2 Å². The van der Waals surface area contributed by atoms with Crippen LogP contribution in [-0.4, -0.2) is 37.3 Å². The van der Waals surface area contributed by atoms with Crippen LogP contribution in [0.25, 0.3) is 22.2 Å². The molecule has 0 atom stereocenters. The molecule has 0 saturated heterocycles. The van der Waals surface area contributed by atoms with Gasteiger partial charge >= 0.3 is 113 Å². The van der Waals surface area contributed by atoms with E-state index < -0.39 is 0 Å². The summed E-state index contributed by atoms with van der Waals surface area (Å²) in [5.74, 6) is 0. The van der Waals surface area contributed by atoms with E-state index in [9.17, 15) is 0 Å². The van der Waals surface area contributed by atoms with Crippen LogP contribution in [0.4, 0.5) is 0 Å². The molecular formula is C13H11N3Sn. The van der Waals surface area contributed by atoms with Gasteiger partial charge in [-0.3, -0.25) is 0 Å². The van der Waals surface area contributed by atoms with Crippen molar-refractivity contribution in [2.24, 2.45) is 7.05 Å². The Morgan fingerprint density at radius 3 is 2.82 bits per heavy atom. The standard InChI is InChI=1S/C13H10N3.Sn.H/c1-16-13(6-8-15-16)11-4-5-12-10(9-11)3-2-7-14-12;;/h2-3,5-9H,1H3;;. The molecule has 0 aliphatic heterocycles. The fourth-order valence-electron chi connectivity index (χ4n) is 2.00. The Labute approximate surface area is 113 Å². The first-order chi connectivity index (χ1) is 8.25. The molecule has 0 bridgehead atoms. The fourth-order valence-corrected chi connectivity index (χ4v) is 3.11. The van der Waals surface area contributed by atoms with E-state index in [2.05, 4.69) is 34.3 Å². The second-order valence-corrected chi connectivity index (χ2v) is 5.75. The number of pyridine rings is 1. The third-order valence-electron chi connectivity index (χ3n) is 2.87. The first-order valence-corrected chi connectivity index (χ1v) is 7.03. The van der Waals surface area contributed by atoms with Crippen molar-refractivity contribution in [2.75, 3.05) is 0 Å². The Kier molecular flexibility index (Phi) is 2.62. The van der Waals surface area contributed by atoms with Crippen molar-refractivity contribution < 1.29 is 0 Å². The zero-order valence-corrected chi connectivity index (χ0v) is 12.8. The molecule has 0 aliphatic carbocycles. The monoisotopic (exact) mass is 329 g/mol. The van der Waals surface area contributed by atoms with Gasteiger partial charge in [-0.25, -0.2) is 0 Å². The van der Waals surface area contributed by atoms with Crippen LogP contribution < -0.4 is 3.58 Å². The minimum absolute atomic E-state index is 1.07. The van der Waals surface area contributed by atoms with E-state index in [1.54, 1.807) is 0 Å². The summed E-state index contributed by atoms with van der Waals surface area (Å²) < 4.78 is 3.27. The summed E-state index contributed by atoms with van der Waals surface area (Å²) >= 11 is 1.08.